The number of aryl methyl sites for hydroxylation is 1. The molecule has 0 atom stereocenters. The van der Waals surface area contributed by atoms with Crippen LogP contribution in [0.4, 0.5) is 5.69 Å². The van der Waals surface area contributed by atoms with Gasteiger partial charge in [-0.3, -0.25) is 10.1 Å². The molecule has 0 N–H and O–H groups in total. The standard InChI is InChI=1S/C12H7ClN4O3S/c1-6-9(17(18)19)10(16-11(13)14-6)21-12-15-7-4-2-3-5-8(7)20-12/h2-5H,1H3. The molecule has 0 aliphatic rings. The van der Waals surface area contributed by atoms with E-state index in [-0.39, 0.29) is 26.9 Å². The minimum absolute atomic E-state index is 0.0586. The lowest BCUT2D eigenvalue weighted by atomic mass is 10.3. The third-order valence-electron chi connectivity index (χ3n) is 2.64. The summed E-state index contributed by atoms with van der Waals surface area (Å²) in [5.74, 6) is 0. The second-order valence-corrected chi connectivity index (χ2v) is 5.32. The van der Waals surface area contributed by atoms with Crippen molar-refractivity contribution < 1.29 is 9.34 Å². The van der Waals surface area contributed by atoms with Crippen LogP contribution in [0.2, 0.25) is 5.28 Å². The highest BCUT2D eigenvalue weighted by atomic mass is 35.5. The van der Waals surface area contributed by atoms with E-state index in [9.17, 15) is 10.1 Å². The molecule has 0 saturated heterocycles. The number of benzene rings is 1. The molecule has 0 fully saturated rings. The number of hydrogen-bond acceptors (Lipinski definition) is 7. The van der Waals surface area contributed by atoms with E-state index in [1.165, 1.54) is 6.92 Å². The Morgan fingerprint density at radius 3 is 2.76 bits per heavy atom. The number of halogens is 1. The van der Waals surface area contributed by atoms with Gasteiger partial charge in [-0.25, -0.2) is 15.0 Å². The van der Waals surface area contributed by atoms with Crippen LogP contribution in [0.3, 0.4) is 0 Å². The number of rotatable bonds is 3. The van der Waals surface area contributed by atoms with Gasteiger partial charge < -0.3 is 4.42 Å². The van der Waals surface area contributed by atoms with Crippen LogP contribution in [0.5, 0.6) is 0 Å². The zero-order valence-electron chi connectivity index (χ0n) is 10.6. The molecule has 0 amide bonds. The van der Waals surface area contributed by atoms with Gasteiger partial charge in [-0.15, -0.1) is 0 Å². The highest BCUT2D eigenvalue weighted by Gasteiger charge is 2.24. The lowest BCUT2D eigenvalue weighted by Crippen LogP contribution is -2.00. The Kier molecular flexibility index (Phi) is 3.48. The fraction of sp³-hybridized carbons (Fsp3) is 0.0833. The van der Waals surface area contributed by atoms with Crippen LogP contribution in [0.15, 0.2) is 38.9 Å². The van der Waals surface area contributed by atoms with Gasteiger partial charge in [0.25, 0.3) is 5.22 Å². The van der Waals surface area contributed by atoms with Crippen molar-refractivity contribution in [3.8, 4) is 0 Å². The van der Waals surface area contributed by atoms with Crippen LogP contribution in [0.1, 0.15) is 5.69 Å². The number of para-hydroxylation sites is 2. The average molecular weight is 323 g/mol. The molecule has 1 aromatic carbocycles. The molecule has 0 spiro atoms. The molecule has 0 radical (unpaired) electrons. The van der Waals surface area contributed by atoms with E-state index >= 15 is 0 Å². The van der Waals surface area contributed by atoms with Crippen LogP contribution in [0.25, 0.3) is 11.1 Å². The molecule has 9 heteroatoms. The maximum absolute atomic E-state index is 11.1. The van der Waals surface area contributed by atoms with Gasteiger partial charge in [-0.05, 0) is 42.4 Å². The smallest absolute Gasteiger partial charge is 0.322 e. The van der Waals surface area contributed by atoms with E-state index in [1.54, 1.807) is 12.1 Å². The van der Waals surface area contributed by atoms with Gasteiger partial charge in [0.2, 0.25) is 5.28 Å². The second-order valence-electron chi connectivity index (χ2n) is 4.04. The number of nitrogens with zero attached hydrogens (tertiary/aromatic N) is 4. The Balaban J connectivity index is 2.06. The van der Waals surface area contributed by atoms with Crippen molar-refractivity contribution in [3.05, 3.63) is 45.4 Å². The highest BCUT2D eigenvalue weighted by molar-refractivity contribution is 7.99. The summed E-state index contributed by atoms with van der Waals surface area (Å²) >= 11 is 6.70. The van der Waals surface area contributed by atoms with Crippen molar-refractivity contribution in [2.45, 2.75) is 17.2 Å². The van der Waals surface area contributed by atoms with E-state index in [4.69, 9.17) is 16.0 Å². The minimum atomic E-state index is -0.545. The summed E-state index contributed by atoms with van der Waals surface area (Å²) in [7, 11) is 0. The molecule has 2 aromatic heterocycles. The maximum Gasteiger partial charge on any atom is 0.322 e. The lowest BCUT2D eigenvalue weighted by Gasteiger charge is -2.01. The summed E-state index contributed by atoms with van der Waals surface area (Å²) in [6, 6.07) is 7.19. The van der Waals surface area contributed by atoms with Gasteiger partial charge in [0.1, 0.15) is 11.2 Å². The van der Waals surface area contributed by atoms with Crippen molar-refractivity contribution in [1.82, 2.24) is 15.0 Å². The molecule has 0 aliphatic heterocycles. The predicted octanol–water partition coefficient (Wildman–Crippen LogP) is 3.64. The number of aromatic nitrogens is 3. The van der Waals surface area contributed by atoms with E-state index in [0.29, 0.717) is 11.1 Å². The summed E-state index contributed by atoms with van der Waals surface area (Å²) in [5.41, 5.74) is 1.25. The number of oxazole rings is 1. The highest BCUT2D eigenvalue weighted by Crippen LogP contribution is 2.36. The van der Waals surface area contributed by atoms with Crippen LogP contribution in [0, 0.1) is 17.0 Å². The summed E-state index contributed by atoms with van der Waals surface area (Å²) in [6.07, 6.45) is 0. The molecule has 3 aromatic rings. The third-order valence-corrected chi connectivity index (χ3v) is 3.64. The van der Waals surface area contributed by atoms with Crippen LogP contribution < -0.4 is 0 Å². The Bertz CT molecular complexity index is 819. The molecule has 0 unspecified atom stereocenters. The van der Waals surface area contributed by atoms with Crippen LogP contribution in [-0.2, 0) is 0 Å². The summed E-state index contributed by atoms with van der Waals surface area (Å²) in [6.45, 7) is 1.50. The van der Waals surface area contributed by atoms with Crippen LogP contribution >= 0.6 is 23.4 Å². The van der Waals surface area contributed by atoms with Gasteiger partial charge in [0, 0.05) is 0 Å². The number of nitro groups is 1. The molecule has 2 heterocycles. The quantitative estimate of drug-likeness (QED) is 0.314. The fourth-order valence-electron chi connectivity index (χ4n) is 1.77. The third kappa shape index (κ3) is 2.67. The van der Waals surface area contributed by atoms with Crippen molar-refractivity contribution >= 4 is 40.1 Å². The lowest BCUT2D eigenvalue weighted by molar-refractivity contribution is -0.389. The predicted molar refractivity (Wildman–Crippen MR) is 76.6 cm³/mol. The molecule has 106 valence electrons. The zero-order valence-corrected chi connectivity index (χ0v) is 12.2. The van der Waals surface area contributed by atoms with Crippen molar-refractivity contribution in [3.63, 3.8) is 0 Å². The first-order valence-corrected chi connectivity index (χ1v) is 6.96. The summed E-state index contributed by atoms with van der Waals surface area (Å²) in [4.78, 5) is 22.5. The summed E-state index contributed by atoms with van der Waals surface area (Å²) in [5, 5.41) is 11.4. The topological polar surface area (TPSA) is 95.0 Å². The van der Waals surface area contributed by atoms with Crippen molar-refractivity contribution in [2.75, 3.05) is 0 Å². The summed E-state index contributed by atoms with van der Waals surface area (Å²) < 4.78 is 5.51. The van der Waals surface area contributed by atoms with Crippen molar-refractivity contribution in [1.29, 1.82) is 0 Å². The molecule has 21 heavy (non-hydrogen) atoms. The first-order valence-electron chi connectivity index (χ1n) is 5.76. The minimum Gasteiger partial charge on any atom is -0.431 e. The van der Waals surface area contributed by atoms with Gasteiger partial charge in [0.05, 0.1) is 4.92 Å². The van der Waals surface area contributed by atoms with Crippen LogP contribution in [-0.4, -0.2) is 19.9 Å². The van der Waals surface area contributed by atoms with Gasteiger partial charge in [0.15, 0.2) is 10.6 Å². The monoisotopic (exact) mass is 322 g/mol. The Morgan fingerprint density at radius 2 is 2.05 bits per heavy atom. The molecule has 0 bridgehead atoms. The maximum atomic E-state index is 11.1. The molecule has 0 saturated carbocycles. The van der Waals surface area contributed by atoms with E-state index in [2.05, 4.69) is 15.0 Å². The SMILES string of the molecule is Cc1nc(Cl)nc(Sc2nc3ccccc3o2)c1[N+](=O)[O-]. The van der Waals surface area contributed by atoms with Crippen molar-refractivity contribution in [2.24, 2.45) is 0 Å². The Labute approximate surface area is 127 Å². The first-order chi connectivity index (χ1) is 10.0. The molecule has 7 nitrogen and oxygen atoms in total. The fourth-order valence-corrected chi connectivity index (χ4v) is 2.92. The molecule has 3 rings (SSSR count). The number of fused-ring (bicyclic) bond motifs is 1. The van der Waals surface area contributed by atoms with E-state index in [0.717, 1.165) is 11.8 Å². The first kappa shape index (κ1) is 13.8. The molecular weight excluding hydrogens is 316 g/mol. The Hall–Kier alpha value is -2.19. The number of hydrogen-bond donors (Lipinski definition) is 0. The van der Waals surface area contributed by atoms with Gasteiger partial charge in [-0.2, -0.15) is 0 Å². The largest absolute Gasteiger partial charge is 0.431 e. The van der Waals surface area contributed by atoms with Gasteiger partial charge in [-0.1, -0.05) is 12.1 Å². The Morgan fingerprint density at radius 1 is 1.29 bits per heavy atom. The average Bonchev–Trinajstić information content (AvgIpc) is 2.79. The van der Waals surface area contributed by atoms with E-state index < -0.39 is 4.92 Å². The molecular formula is C12H7ClN4O3S. The molecule has 0 aliphatic carbocycles. The zero-order chi connectivity index (χ0) is 15.0. The van der Waals surface area contributed by atoms with Gasteiger partial charge >= 0.3 is 5.69 Å². The van der Waals surface area contributed by atoms with E-state index in [1.807, 2.05) is 12.1 Å². The second kappa shape index (κ2) is 5.30. The normalized spacial score (nSPS) is 11.0.